The number of allylic oxidation sites excluding steroid dienone is 11. The van der Waals surface area contributed by atoms with Gasteiger partial charge in [-0.3, -0.25) is 0 Å². The van der Waals surface area contributed by atoms with Gasteiger partial charge in [0.15, 0.2) is 0 Å². The van der Waals surface area contributed by atoms with Crippen molar-refractivity contribution in [3.63, 3.8) is 0 Å². The van der Waals surface area contributed by atoms with Crippen LogP contribution in [0.5, 0.6) is 0 Å². The van der Waals surface area contributed by atoms with E-state index in [0.717, 1.165) is 17.8 Å². The van der Waals surface area contributed by atoms with Crippen molar-refractivity contribution >= 4 is 11.4 Å². The number of terminal acetylenes is 1. The molecule has 0 heterocycles. The highest BCUT2D eigenvalue weighted by molar-refractivity contribution is 5.75. The molecule has 0 aliphatic heterocycles. The van der Waals surface area contributed by atoms with E-state index in [-0.39, 0.29) is 27.6 Å². The predicted molar refractivity (Wildman–Crippen MR) is 222 cm³/mol. The number of nitrogens with zero attached hydrogens (tertiary/aromatic N) is 1. The number of hydrogen-bond donors (Lipinski definition) is 1. The Morgan fingerprint density at radius 2 is 1.59 bits per heavy atom. The molecule has 270 valence electrons. The van der Waals surface area contributed by atoms with Gasteiger partial charge in [-0.15, -0.1) is 6.42 Å². The van der Waals surface area contributed by atoms with Crippen LogP contribution < -0.4 is 10.2 Å². The molecule has 0 fully saturated rings. The van der Waals surface area contributed by atoms with Crippen LogP contribution in [0.4, 0.5) is 11.4 Å². The molecule has 0 amide bonds. The van der Waals surface area contributed by atoms with Crippen LogP contribution in [0.25, 0.3) is 0 Å². The molecule has 3 unspecified atom stereocenters. The number of benzene rings is 2. The Morgan fingerprint density at radius 3 is 2.20 bits per heavy atom. The number of fused-ring (bicyclic) bond motifs is 1. The SMILES string of the molecule is C#C/C(=C\C=C(/C)C(C)(C)C)NC1=CC(C)C(C)C(N(c2ccc3c(c2)C(C)(C)CCC3(C)C)c2ccc(C(C)(C)C)cc2C2C=CC=CC2)=C1. The maximum absolute atomic E-state index is 6.11. The van der Waals surface area contributed by atoms with Crippen LogP contribution >= 0.6 is 0 Å². The van der Waals surface area contributed by atoms with E-state index < -0.39 is 0 Å². The molecule has 2 heteroatoms. The minimum atomic E-state index is 0.0389. The molecular formula is C49H64N2. The number of rotatable bonds is 7. The summed E-state index contributed by atoms with van der Waals surface area (Å²) in [6.45, 7) is 30.2. The molecule has 0 aromatic heterocycles. The highest BCUT2D eigenvalue weighted by Gasteiger charge is 2.38. The Labute approximate surface area is 311 Å². The van der Waals surface area contributed by atoms with E-state index in [1.807, 2.05) is 0 Å². The second-order valence-corrected chi connectivity index (χ2v) is 18.8. The van der Waals surface area contributed by atoms with Crippen molar-refractivity contribution in [3.05, 3.63) is 130 Å². The summed E-state index contributed by atoms with van der Waals surface area (Å²) in [4.78, 5) is 2.59. The summed E-state index contributed by atoms with van der Waals surface area (Å²) >= 11 is 0. The van der Waals surface area contributed by atoms with Gasteiger partial charge in [-0.25, -0.2) is 0 Å². The highest BCUT2D eigenvalue weighted by Crippen LogP contribution is 2.50. The summed E-state index contributed by atoms with van der Waals surface area (Å²) in [5.41, 5.74) is 12.9. The van der Waals surface area contributed by atoms with Crippen LogP contribution in [0.15, 0.2) is 108 Å². The normalized spacial score (nSPS) is 23.2. The molecule has 1 N–H and O–H groups in total. The van der Waals surface area contributed by atoms with Crippen molar-refractivity contribution < 1.29 is 0 Å². The quantitative estimate of drug-likeness (QED) is 0.231. The molecule has 51 heavy (non-hydrogen) atoms. The van der Waals surface area contributed by atoms with E-state index in [2.05, 4.69) is 191 Å². The standard InChI is InChI=1S/C49H64N2/c1-15-38(23-21-34(3)46(5,6)7)50-39-29-33(2)35(4)45(31-39)51(40-24-25-42-43(32-40)49(13,14)28-27-48(42,11)12)44-26-22-37(47(8,9)10)30-41(44)36-19-17-16-18-20-36/h1,16-19,21-26,29-33,35-36,50H,20,27-28H2,2-14H3/b34-21+,38-23+. The van der Waals surface area contributed by atoms with Crippen LogP contribution in [0.2, 0.25) is 0 Å². The van der Waals surface area contributed by atoms with E-state index in [1.54, 1.807) is 0 Å². The lowest BCUT2D eigenvalue weighted by Gasteiger charge is -2.43. The van der Waals surface area contributed by atoms with Crippen LogP contribution in [-0.2, 0) is 16.2 Å². The lowest BCUT2D eigenvalue weighted by molar-refractivity contribution is 0.332. The zero-order valence-electron chi connectivity index (χ0n) is 34.0. The van der Waals surface area contributed by atoms with Gasteiger partial charge in [0, 0.05) is 34.6 Å². The average molecular weight is 681 g/mol. The Kier molecular flexibility index (Phi) is 10.7. The van der Waals surface area contributed by atoms with Crippen LogP contribution in [0, 0.1) is 29.6 Å². The lowest BCUT2D eigenvalue weighted by Crippen LogP contribution is -2.34. The third-order valence-electron chi connectivity index (χ3n) is 12.0. The molecular weight excluding hydrogens is 617 g/mol. The maximum atomic E-state index is 6.11. The molecule has 2 aromatic rings. The first-order valence-electron chi connectivity index (χ1n) is 19.2. The van der Waals surface area contributed by atoms with Gasteiger partial charge in [-0.05, 0) is 106 Å². The van der Waals surface area contributed by atoms with Gasteiger partial charge in [-0.1, -0.05) is 149 Å². The first-order chi connectivity index (χ1) is 23.7. The molecule has 0 saturated heterocycles. The first-order valence-corrected chi connectivity index (χ1v) is 19.2. The van der Waals surface area contributed by atoms with Crippen molar-refractivity contribution in [3.8, 4) is 12.3 Å². The Balaban J connectivity index is 1.74. The second-order valence-electron chi connectivity index (χ2n) is 18.8. The molecule has 0 radical (unpaired) electrons. The van der Waals surface area contributed by atoms with Gasteiger partial charge in [0.05, 0.1) is 5.70 Å². The minimum Gasteiger partial charge on any atom is -0.349 e. The van der Waals surface area contributed by atoms with E-state index in [4.69, 9.17) is 6.42 Å². The Hall–Kier alpha value is -3.96. The van der Waals surface area contributed by atoms with Crippen molar-refractivity contribution in [1.82, 2.24) is 5.32 Å². The smallest absolute Gasteiger partial charge is 0.0894 e. The zero-order valence-corrected chi connectivity index (χ0v) is 34.0. The highest BCUT2D eigenvalue weighted by atomic mass is 15.2. The lowest BCUT2D eigenvalue weighted by atomic mass is 9.63. The van der Waals surface area contributed by atoms with Gasteiger partial charge in [0.1, 0.15) is 0 Å². The fourth-order valence-electron chi connectivity index (χ4n) is 7.60. The van der Waals surface area contributed by atoms with Gasteiger partial charge < -0.3 is 10.2 Å². The van der Waals surface area contributed by atoms with E-state index in [9.17, 15) is 0 Å². The largest absolute Gasteiger partial charge is 0.349 e. The van der Waals surface area contributed by atoms with Gasteiger partial charge in [0.2, 0.25) is 0 Å². The summed E-state index contributed by atoms with van der Waals surface area (Å²) in [7, 11) is 0. The second kappa shape index (κ2) is 14.2. The molecule has 2 aromatic carbocycles. The molecule has 0 saturated carbocycles. The number of nitrogens with one attached hydrogen (secondary N) is 1. The summed E-state index contributed by atoms with van der Waals surface area (Å²) in [6, 6.07) is 14.6. The van der Waals surface area contributed by atoms with Crippen molar-refractivity contribution in [1.29, 1.82) is 0 Å². The van der Waals surface area contributed by atoms with Crippen molar-refractivity contribution in [2.24, 2.45) is 17.3 Å². The topological polar surface area (TPSA) is 15.3 Å². The maximum Gasteiger partial charge on any atom is 0.0894 e. The summed E-state index contributed by atoms with van der Waals surface area (Å²) in [6.07, 6.45) is 27.5. The fourth-order valence-corrected chi connectivity index (χ4v) is 7.60. The summed E-state index contributed by atoms with van der Waals surface area (Å²) in [5.74, 6) is 3.78. The molecule has 3 aliphatic carbocycles. The van der Waals surface area contributed by atoms with Crippen LogP contribution in [0.1, 0.15) is 137 Å². The van der Waals surface area contributed by atoms with Gasteiger partial charge in [-0.2, -0.15) is 0 Å². The molecule has 3 aliphatic rings. The predicted octanol–water partition coefficient (Wildman–Crippen LogP) is 13.2. The van der Waals surface area contributed by atoms with Crippen LogP contribution in [0.3, 0.4) is 0 Å². The molecule has 0 spiro atoms. The van der Waals surface area contributed by atoms with E-state index in [1.165, 1.54) is 57.7 Å². The van der Waals surface area contributed by atoms with Crippen LogP contribution in [-0.4, -0.2) is 0 Å². The molecule has 5 rings (SSSR count). The third-order valence-corrected chi connectivity index (χ3v) is 12.0. The Morgan fingerprint density at radius 1 is 0.902 bits per heavy atom. The Bertz CT molecular complexity index is 1860. The summed E-state index contributed by atoms with van der Waals surface area (Å²) in [5, 5.41) is 3.65. The van der Waals surface area contributed by atoms with E-state index in [0.29, 0.717) is 11.8 Å². The first kappa shape index (κ1) is 38.3. The number of hydrogen-bond acceptors (Lipinski definition) is 2. The molecule has 3 atom stereocenters. The number of anilines is 2. The van der Waals surface area contributed by atoms with E-state index >= 15 is 0 Å². The van der Waals surface area contributed by atoms with Gasteiger partial charge in [0.25, 0.3) is 0 Å². The van der Waals surface area contributed by atoms with Crippen molar-refractivity contribution in [2.75, 3.05) is 4.90 Å². The van der Waals surface area contributed by atoms with Gasteiger partial charge >= 0.3 is 0 Å². The average Bonchev–Trinajstić information content (AvgIpc) is 3.06. The fraction of sp³-hybridized carbons (Fsp3) is 0.469. The minimum absolute atomic E-state index is 0.0389. The molecule has 0 bridgehead atoms. The van der Waals surface area contributed by atoms with Crippen molar-refractivity contribution in [2.45, 2.75) is 131 Å². The summed E-state index contributed by atoms with van der Waals surface area (Å²) < 4.78 is 0. The molecule has 2 nitrogen and oxygen atoms in total. The zero-order chi connectivity index (χ0) is 37.5. The third kappa shape index (κ3) is 8.25. The monoisotopic (exact) mass is 681 g/mol.